The van der Waals surface area contributed by atoms with Gasteiger partial charge in [0.2, 0.25) is 0 Å². The minimum Gasteiger partial charge on any atom is -0.271 e. The van der Waals surface area contributed by atoms with E-state index >= 15 is 0 Å². The molecule has 1 amide bonds. The average molecular weight is 487 g/mol. The molecule has 9 nitrogen and oxygen atoms in total. The number of aryl methyl sites for hydroxylation is 1. The van der Waals surface area contributed by atoms with Gasteiger partial charge in [0.1, 0.15) is 6.54 Å². The number of rotatable bonds is 8. The Balaban J connectivity index is 1.79. The van der Waals surface area contributed by atoms with Gasteiger partial charge in [-0.2, -0.15) is 5.10 Å². The zero-order valence-electron chi connectivity index (χ0n) is 17.4. The van der Waals surface area contributed by atoms with E-state index in [0.717, 1.165) is 9.87 Å². The monoisotopic (exact) mass is 486 g/mol. The van der Waals surface area contributed by atoms with Crippen molar-refractivity contribution in [3.05, 3.63) is 99.1 Å². The summed E-state index contributed by atoms with van der Waals surface area (Å²) in [5, 5.41) is 14.9. The predicted octanol–water partition coefficient (Wildman–Crippen LogP) is 3.90. The number of anilines is 1. The summed E-state index contributed by atoms with van der Waals surface area (Å²) < 4.78 is 27.5. The number of halogens is 1. The Morgan fingerprint density at radius 1 is 1.06 bits per heavy atom. The van der Waals surface area contributed by atoms with Crippen LogP contribution in [0.1, 0.15) is 11.1 Å². The molecule has 0 saturated carbocycles. The van der Waals surface area contributed by atoms with Crippen LogP contribution in [0.15, 0.2) is 82.8 Å². The Morgan fingerprint density at radius 2 is 1.67 bits per heavy atom. The summed E-state index contributed by atoms with van der Waals surface area (Å²) in [6.45, 7) is 1.30. The molecule has 170 valence electrons. The minimum absolute atomic E-state index is 0.0326. The summed E-state index contributed by atoms with van der Waals surface area (Å²) in [5.74, 6) is -0.682. The van der Waals surface area contributed by atoms with Crippen LogP contribution in [-0.4, -0.2) is 32.0 Å². The quantitative estimate of drug-likeness (QED) is 0.294. The van der Waals surface area contributed by atoms with Gasteiger partial charge in [-0.3, -0.25) is 19.2 Å². The summed E-state index contributed by atoms with van der Waals surface area (Å²) in [4.78, 5) is 22.7. The number of nitro benzene ring substituents is 1. The predicted molar refractivity (Wildman–Crippen MR) is 126 cm³/mol. The van der Waals surface area contributed by atoms with Gasteiger partial charge in [0.05, 0.1) is 21.7 Å². The van der Waals surface area contributed by atoms with E-state index in [9.17, 15) is 23.3 Å². The second-order valence-corrected chi connectivity index (χ2v) is 9.24. The van der Waals surface area contributed by atoms with Gasteiger partial charge in [-0.25, -0.2) is 13.8 Å². The first-order valence-corrected chi connectivity index (χ1v) is 11.4. The van der Waals surface area contributed by atoms with Crippen molar-refractivity contribution in [2.24, 2.45) is 5.10 Å². The zero-order chi connectivity index (χ0) is 24.0. The van der Waals surface area contributed by atoms with Gasteiger partial charge in [-0.15, -0.1) is 0 Å². The van der Waals surface area contributed by atoms with E-state index < -0.39 is 27.4 Å². The van der Waals surface area contributed by atoms with Crippen molar-refractivity contribution in [1.82, 2.24) is 5.43 Å². The minimum atomic E-state index is -4.06. The standard InChI is InChI=1S/C22H19ClN4O5S/c1-16-2-12-21(13-3-16)33(31,32)26(19-10-6-18(23)7-11-19)15-22(28)25-24-14-17-4-8-20(9-5-17)27(29)30/h2-14H,15H2,1H3,(H,25,28)/b24-14-. The van der Waals surface area contributed by atoms with E-state index in [2.05, 4.69) is 10.5 Å². The molecule has 0 aromatic heterocycles. The molecule has 11 heteroatoms. The maximum Gasteiger partial charge on any atom is 0.269 e. The van der Waals surface area contributed by atoms with Crippen LogP contribution < -0.4 is 9.73 Å². The molecule has 0 atom stereocenters. The Kier molecular flexibility index (Phi) is 7.41. The molecule has 0 unspecified atom stereocenters. The molecule has 33 heavy (non-hydrogen) atoms. The van der Waals surface area contributed by atoms with Crippen LogP contribution in [0.25, 0.3) is 0 Å². The fraction of sp³-hybridized carbons (Fsp3) is 0.0909. The highest BCUT2D eigenvalue weighted by Gasteiger charge is 2.27. The van der Waals surface area contributed by atoms with E-state index in [1.54, 1.807) is 12.1 Å². The fourth-order valence-corrected chi connectivity index (χ4v) is 4.33. The number of carbonyl (C=O) groups is 1. The highest BCUT2D eigenvalue weighted by molar-refractivity contribution is 7.92. The van der Waals surface area contributed by atoms with Crippen LogP contribution in [0.4, 0.5) is 11.4 Å². The molecular formula is C22H19ClN4O5S. The lowest BCUT2D eigenvalue weighted by Crippen LogP contribution is -2.39. The topological polar surface area (TPSA) is 122 Å². The van der Waals surface area contributed by atoms with Crippen LogP contribution in [0.2, 0.25) is 5.02 Å². The fourth-order valence-electron chi connectivity index (χ4n) is 2.79. The Morgan fingerprint density at radius 3 is 2.24 bits per heavy atom. The smallest absolute Gasteiger partial charge is 0.269 e. The molecule has 0 saturated heterocycles. The number of hydrogen-bond acceptors (Lipinski definition) is 6. The zero-order valence-corrected chi connectivity index (χ0v) is 19.0. The van der Waals surface area contributed by atoms with E-state index in [4.69, 9.17) is 11.6 Å². The summed E-state index contributed by atoms with van der Waals surface area (Å²) in [5.41, 5.74) is 3.87. The first-order valence-electron chi connectivity index (χ1n) is 9.58. The lowest BCUT2D eigenvalue weighted by molar-refractivity contribution is -0.384. The highest BCUT2D eigenvalue weighted by Crippen LogP contribution is 2.25. The number of carbonyl (C=O) groups excluding carboxylic acids is 1. The average Bonchev–Trinajstić information content (AvgIpc) is 2.79. The molecule has 0 spiro atoms. The number of amides is 1. The molecule has 1 N–H and O–H groups in total. The number of nitrogens with zero attached hydrogens (tertiary/aromatic N) is 3. The lowest BCUT2D eigenvalue weighted by atomic mass is 10.2. The third kappa shape index (κ3) is 6.15. The highest BCUT2D eigenvalue weighted by atomic mass is 35.5. The number of benzene rings is 3. The van der Waals surface area contributed by atoms with Crippen molar-refractivity contribution >= 4 is 45.1 Å². The summed E-state index contributed by atoms with van der Waals surface area (Å²) in [6.07, 6.45) is 1.29. The first kappa shape index (κ1) is 23.9. The first-order chi connectivity index (χ1) is 15.7. The number of nitrogens with one attached hydrogen (secondary N) is 1. The van der Waals surface area contributed by atoms with E-state index in [1.807, 2.05) is 6.92 Å². The number of hydrogen-bond donors (Lipinski definition) is 1. The Labute approximate surface area is 195 Å². The van der Waals surface area contributed by atoms with Crippen molar-refractivity contribution in [2.75, 3.05) is 10.8 Å². The lowest BCUT2D eigenvalue weighted by Gasteiger charge is -2.23. The maximum atomic E-state index is 13.3. The van der Waals surface area contributed by atoms with Gasteiger partial charge in [0.15, 0.2) is 0 Å². The molecule has 3 aromatic carbocycles. The van der Waals surface area contributed by atoms with Crippen LogP contribution in [-0.2, 0) is 14.8 Å². The number of non-ortho nitro benzene ring substituents is 1. The van der Waals surface area contributed by atoms with E-state index in [0.29, 0.717) is 10.6 Å². The van der Waals surface area contributed by atoms with Gasteiger partial charge in [-0.05, 0) is 61.0 Å². The van der Waals surface area contributed by atoms with E-state index in [1.165, 1.54) is 66.9 Å². The molecule has 0 heterocycles. The molecular weight excluding hydrogens is 468 g/mol. The van der Waals surface area contributed by atoms with Gasteiger partial charge in [0.25, 0.3) is 21.6 Å². The van der Waals surface area contributed by atoms with E-state index in [-0.39, 0.29) is 16.3 Å². The second kappa shape index (κ2) is 10.2. The Bertz CT molecular complexity index is 1280. The van der Waals surface area contributed by atoms with Crippen molar-refractivity contribution in [3.8, 4) is 0 Å². The third-order valence-electron chi connectivity index (χ3n) is 4.52. The number of sulfonamides is 1. The van der Waals surface area contributed by atoms with Crippen LogP contribution >= 0.6 is 11.6 Å². The molecule has 0 aliphatic carbocycles. The number of nitro groups is 1. The molecule has 0 radical (unpaired) electrons. The second-order valence-electron chi connectivity index (χ2n) is 6.94. The van der Waals surface area contributed by atoms with Gasteiger partial charge >= 0.3 is 0 Å². The van der Waals surface area contributed by atoms with Crippen molar-refractivity contribution in [1.29, 1.82) is 0 Å². The van der Waals surface area contributed by atoms with Crippen molar-refractivity contribution in [2.45, 2.75) is 11.8 Å². The maximum absolute atomic E-state index is 13.3. The van der Waals surface area contributed by atoms with Crippen molar-refractivity contribution in [3.63, 3.8) is 0 Å². The molecule has 3 aromatic rings. The molecule has 0 aliphatic heterocycles. The van der Waals surface area contributed by atoms with Gasteiger partial charge in [0, 0.05) is 17.2 Å². The van der Waals surface area contributed by atoms with Crippen LogP contribution in [0, 0.1) is 17.0 Å². The largest absolute Gasteiger partial charge is 0.271 e. The molecule has 0 bridgehead atoms. The SMILES string of the molecule is Cc1ccc(S(=O)(=O)N(CC(=O)N/N=C\c2ccc([N+](=O)[O-])cc2)c2ccc(Cl)cc2)cc1. The normalized spacial score (nSPS) is 11.3. The Hall–Kier alpha value is -3.76. The summed E-state index contributed by atoms with van der Waals surface area (Å²) in [7, 11) is -4.06. The molecule has 3 rings (SSSR count). The van der Waals surface area contributed by atoms with Gasteiger partial charge < -0.3 is 0 Å². The molecule has 0 aliphatic rings. The van der Waals surface area contributed by atoms with Crippen molar-refractivity contribution < 1.29 is 18.1 Å². The van der Waals surface area contributed by atoms with Crippen LogP contribution in [0.3, 0.4) is 0 Å². The van der Waals surface area contributed by atoms with Crippen LogP contribution in [0.5, 0.6) is 0 Å². The number of hydrazone groups is 1. The molecule has 0 fully saturated rings. The summed E-state index contributed by atoms with van der Waals surface area (Å²) >= 11 is 5.92. The van der Waals surface area contributed by atoms with Gasteiger partial charge in [-0.1, -0.05) is 29.3 Å². The summed E-state index contributed by atoms with van der Waals surface area (Å²) in [6, 6.07) is 17.9. The third-order valence-corrected chi connectivity index (χ3v) is 6.56.